The van der Waals surface area contributed by atoms with Gasteiger partial charge in [0.25, 0.3) is 10.0 Å². The molecular weight excluding hydrogens is 394 g/mol. The van der Waals surface area contributed by atoms with Gasteiger partial charge in [-0.3, -0.25) is 4.72 Å². The summed E-state index contributed by atoms with van der Waals surface area (Å²) < 4.78 is 39.9. The number of pyridine rings is 1. The standard InChI is InChI=1S/C11H6BrCl2FN2O2S/c12-6-3-8(13)11(9(14)4-6)20(18,19)17-10-2-1-7(15)5-16-10/h1-5H,(H,16,17). The van der Waals surface area contributed by atoms with Gasteiger partial charge in [0.15, 0.2) is 0 Å². The minimum absolute atomic E-state index is 0.0403. The van der Waals surface area contributed by atoms with Crippen molar-refractivity contribution in [3.63, 3.8) is 0 Å². The lowest BCUT2D eigenvalue weighted by molar-refractivity contribution is 0.600. The molecule has 0 bridgehead atoms. The molecule has 0 saturated heterocycles. The highest BCUT2D eigenvalue weighted by Crippen LogP contribution is 2.33. The third-order valence-electron chi connectivity index (χ3n) is 2.20. The second kappa shape index (κ2) is 5.85. The molecule has 2 rings (SSSR count). The van der Waals surface area contributed by atoms with Crippen molar-refractivity contribution >= 4 is 55.0 Å². The maximum absolute atomic E-state index is 12.7. The van der Waals surface area contributed by atoms with Crippen molar-refractivity contribution in [2.24, 2.45) is 0 Å². The summed E-state index contributed by atoms with van der Waals surface area (Å²) in [6.45, 7) is 0. The minimum atomic E-state index is -4.02. The van der Waals surface area contributed by atoms with Crippen LogP contribution in [0.4, 0.5) is 10.2 Å². The molecule has 9 heteroatoms. The summed E-state index contributed by atoms with van der Waals surface area (Å²) in [6, 6.07) is 5.07. The molecule has 1 aromatic carbocycles. The average Bonchev–Trinajstić information content (AvgIpc) is 2.30. The van der Waals surface area contributed by atoms with Gasteiger partial charge in [-0.2, -0.15) is 0 Å². The zero-order valence-corrected chi connectivity index (χ0v) is 13.5. The fourth-order valence-corrected chi connectivity index (χ4v) is 4.36. The normalized spacial score (nSPS) is 11.4. The first-order valence-corrected chi connectivity index (χ1v) is 8.12. The molecule has 0 spiro atoms. The van der Waals surface area contributed by atoms with Crippen LogP contribution >= 0.6 is 39.1 Å². The first kappa shape index (κ1) is 15.5. The van der Waals surface area contributed by atoms with E-state index in [1.165, 1.54) is 18.2 Å². The van der Waals surface area contributed by atoms with Crippen LogP contribution in [0, 0.1) is 5.82 Å². The zero-order chi connectivity index (χ0) is 14.9. The summed E-state index contributed by atoms with van der Waals surface area (Å²) in [5.74, 6) is -0.617. The van der Waals surface area contributed by atoms with E-state index >= 15 is 0 Å². The topological polar surface area (TPSA) is 59.1 Å². The minimum Gasteiger partial charge on any atom is -0.263 e. The second-order valence-electron chi connectivity index (χ2n) is 3.67. The Hall–Kier alpha value is -0.890. The summed E-state index contributed by atoms with van der Waals surface area (Å²) in [6.07, 6.45) is 0.892. The molecule has 0 amide bonds. The molecule has 0 aliphatic rings. The highest BCUT2D eigenvalue weighted by molar-refractivity contribution is 9.10. The zero-order valence-electron chi connectivity index (χ0n) is 9.57. The van der Waals surface area contributed by atoms with Crippen molar-refractivity contribution in [3.05, 3.63) is 50.8 Å². The van der Waals surface area contributed by atoms with Gasteiger partial charge in [-0.15, -0.1) is 0 Å². The van der Waals surface area contributed by atoms with Crippen LogP contribution in [0.25, 0.3) is 0 Å². The summed E-state index contributed by atoms with van der Waals surface area (Å²) in [5.41, 5.74) is 0. The number of sulfonamides is 1. The van der Waals surface area contributed by atoms with E-state index < -0.39 is 15.8 Å². The number of hydrogen-bond acceptors (Lipinski definition) is 3. The lowest BCUT2D eigenvalue weighted by Gasteiger charge is -2.10. The molecule has 0 aliphatic heterocycles. The van der Waals surface area contributed by atoms with Gasteiger partial charge >= 0.3 is 0 Å². The van der Waals surface area contributed by atoms with Gasteiger partial charge in [0.1, 0.15) is 16.5 Å². The number of benzene rings is 1. The molecule has 0 radical (unpaired) electrons. The van der Waals surface area contributed by atoms with Crippen LogP contribution in [0.1, 0.15) is 0 Å². The predicted molar refractivity (Wildman–Crippen MR) is 79.2 cm³/mol. The van der Waals surface area contributed by atoms with Gasteiger partial charge in [0.05, 0.1) is 16.2 Å². The summed E-state index contributed by atoms with van der Waals surface area (Å²) in [5, 5.41) is -0.0852. The predicted octanol–water partition coefficient (Wildman–Crippen LogP) is 4.09. The first-order valence-electron chi connectivity index (χ1n) is 5.08. The quantitative estimate of drug-likeness (QED) is 0.845. The third kappa shape index (κ3) is 3.41. The van der Waals surface area contributed by atoms with Crippen molar-refractivity contribution in [1.29, 1.82) is 0 Å². The smallest absolute Gasteiger partial charge is 0.263 e. The highest BCUT2D eigenvalue weighted by atomic mass is 79.9. The number of nitrogens with zero attached hydrogens (tertiary/aromatic N) is 1. The summed E-state index contributed by atoms with van der Waals surface area (Å²) >= 11 is 14.9. The maximum atomic E-state index is 12.7. The molecule has 0 unspecified atom stereocenters. The Morgan fingerprint density at radius 3 is 2.30 bits per heavy atom. The van der Waals surface area contributed by atoms with E-state index in [9.17, 15) is 12.8 Å². The average molecular weight is 400 g/mol. The Morgan fingerprint density at radius 1 is 1.20 bits per heavy atom. The first-order chi connectivity index (χ1) is 9.29. The Kier molecular flexibility index (Phi) is 4.53. The van der Waals surface area contributed by atoms with Crippen LogP contribution < -0.4 is 4.72 Å². The van der Waals surface area contributed by atoms with E-state index in [1.54, 1.807) is 0 Å². The number of hydrogen-bond donors (Lipinski definition) is 1. The lowest BCUT2D eigenvalue weighted by Crippen LogP contribution is -2.15. The number of rotatable bonds is 3. The van der Waals surface area contributed by atoms with E-state index in [0.717, 1.165) is 12.3 Å². The van der Waals surface area contributed by atoms with Crippen LogP contribution in [0.5, 0.6) is 0 Å². The molecule has 106 valence electrons. The van der Waals surface area contributed by atoms with Gasteiger partial charge < -0.3 is 0 Å². The Morgan fingerprint density at radius 2 is 1.80 bits per heavy atom. The second-order valence-corrected chi connectivity index (χ2v) is 7.02. The van der Waals surface area contributed by atoms with E-state index in [4.69, 9.17) is 23.2 Å². The van der Waals surface area contributed by atoms with Crippen LogP contribution in [-0.2, 0) is 10.0 Å². The van der Waals surface area contributed by atoms with Crippen molar-refractivity contribution in [2.75, 3.05) is 4.72 Å². The molecule has 1 aromatic heterocycles. The molecule has 20 heavy (non-hydrogen) atoms. The van der Waals surface area contributed by atoms with Crippen molar-refractivity contribution in [2.45, 2.75) is 4.90 Å². The molecule has 0 aliphatic carbocycles. The van der Waals surface area contributed by atoms with Gasteiger partial charge in [0, 0.05) is 4.47 Å². The summed E-state index contributed by atoms with van der Waals surface area (Å²) in [7, 11) is -4.02. The monoisotopic (exact) mass is 398 g/mol. The van der Waals surface area contributed by atoms with E-state index in [1.807, 2.05) is 0 Å². The molecule has 1 N–H and O–H groups in total. The largest absolute Gasteiger partial charge is 0.266 e. The molecule has 0 saturated carbocycles. The van der Waals surface area contributed by atoms with E-state index in [2.05, 4.69) is 25.6 Å². The lowest BCUT2D eigenvalue weighted by atomic mass is 10.4. The van der Waals surface area contributed by atoms with Crippen LogP contribution in [0.2, 0.25) is 10.0 Å². The number of nitrogens with one attached hydrogen (secondary N) is 1. The number of halogens is 4. The van der Waals surface area contributed by atoms with Crippen molar-refractivity contribution in [3.8, 4) is 0 Å². The SMILES string of the molecule is O=S(=O)(Nc1ccc(F)cn1)c1c(Cl)cc(Br)cc1Cl. The Balaban J connectivity index is 2.43. The number of aromatic nitrogens is 1. The van der Waals surface area contributed by atoms with E-state index in [0.29, 0.717) is 4.47 Å². The van der Waals surface area contributed by atoms with Gasteiger partial charge in [-0.25, -0.2) is 17.8 Å². The van der Waals surface area contributed by atoms with E-state index in [-0.39, 0.29) is 20.8 Å². The fraction of sp³-hybridized carbons (Fsp3) is 0. The highest BCUT2D eigenvalue weighted by Gasteiger charge is 2.23. The van der Waals surface area contributed by atoms with Crippen LogP contribution in [-0.4, -0.2) is 13.4 Å². The maximum Gasteiger partial charge on any atom is 0.266 e. The molecule has 0 atom stereocenters. The molecule has 4 nitrogen and oxygen atoms in total. The Labute approximate surface area is 133 Å². The van der Waals surface area contributed by atoms with Crippen molar-refractivity contribution < 1.29 is 12.8 Å². The van der Waals surface area contributed by atoms with Gasteiger partial charge in [-0.05, 0) is 24.3 Å². The van der Waals surface area contributed by atoms with Gasteiger partial charge in [0.2, 0.25) is 0 Å². The van der Waals surface area contributed by atoms with Crippen molar-refractivity contribution in [1.82, 2.24) is 4.98 Å². The molecular formula is C11H6BrCl2FN2O2S. The third-order valence-corrected chi connectivity index (χ3v) is 4.93. The molecule has 1 heterocycles. The van der Waals surface area contributed by atoms with Crippen LogP contribution in [0.3, 0.4) is 0 Å². The Bertz CT molecular complexity index is 731. The number of anilines is 1. The molecule has 2 aromatic rings. The van der Waals surface area contributed by atoms with Crippen LogP contribution in [0.15, 0.2) is 39.8 Å². The summed E-state index contributed by atoms with van der Waals surface area (Å²) in [4.78, 5) is 3.34. The fourth-order valence-electron chi connectivity index (χ4n) is 1.41. The van der Waals surface area contributed by atoms with Gasteiger partial charge in [-0.1, -0.05) is 39.1 Å². The molecule has 0 fully saturated rings.